The second-order valence-electron chi connectivity index (χ2n) is 9.14. The molecular weight excluding hydrogens is 504 g/mol. The van der Waals surface area contributed by atoms with Crippen molar-refractivity contribution in [3.63, 3.8) is 0 Å². The molecule has 0 saturated carbocycles. The van der Waals surface area contributed by atoms with Gasteiger partial charge in [0.2, 0.25) is 11.8 Å². The number of nitrogens with zero attached hydrogens (tertiary/aromatic N) is 2. The van der Waals surface area contributed by atoms with E-state index in [9.17, 15) is 22.8 Å². The van der Waals surface area contributed by atoms with Crippen molar-refractivity contribution in [1.29, 1.82) is 0 Å². The van der Waals surface area contributed by atoms with Crippen LogP contribution in [0.5, 0.6) is 0 Å². The lowest BCUT2D eigenvalue weighted by molar-refractivity contribution is -0.117. The molecule has 3 aromatic carbocycles. The van der Waals surface area contributed by atoms with Crippen molar-refractivity contribution in [3.8, 4) is 0 Å². The van der Waals surface area contributed by atoms with Crippen LogP contribution < -0.4 is 14.9 Å². The Bertz CT molecular complexity index is 1470. The highest BCUT2D eigenvalue weighted by Crippen LogP contribution is 2.36. The van der Waals surface area contributed by atoms with Crippen LogP contribution in [0.1, 0.15) is 36.7 Å². The quantitative estimate of drug-likeness (QED) is 0.455. The Morgan fingerprint density at radius 3 is 2.26 bits per heavy atom. The number of hydrogen-bond acceptors (Lipinski definition) is 5. The smallest absolute Gasteiger partial charge is 0.264 e. The van der Waals surface area contributed by atoms with E-state index in [0.717, 1.165) is 5.56 Å². The molecule has 9 nitrogen and oxygen atoms in total. The Hall–Kier alpha value is -4.18. The second kappa shape index (κ2) is 11.1. The van der Waals surface area contributed by atoms with E-state index in [4.69, 9.17) is 0 Å². The van der Waals surface area contributed by atoms with Crippen LogP contribution in [0, 0.1) is 0 Å². The predicted octanol–water partition coefficient (Wildman–Crippen LogP) is 3.89. The molecule has 1 aliphatic heterocycles. The summed E-state index contributed by atoms with van der Waals surface area (Å²) in [6.07, 6.45) is 0.614. The standard InChI is InChI=1S/C28H30N4O5S/c1-4-31(18-27(34)30-24-14-12-23(13-15-24)29-20(3)33)28(35)22-9-7-10-25(17-22)38(36,37)32-19(2)16-21-8-5-6-11-26(21)32/h5-15,17,19H,4,16,18H2,1-3H3,(H,29,33)(H,30,34)/t19-/m0/s1. The van der Waals surface area contributed by atoms with Crippen LogP contribution >= 0.6 is 0 Å². The Balaban J connectivity index is 1.48. The molecule has 38 heavy (non-hydrogen) atoms. The third kappa shape index (κ3) is 5.70. The van der Waals surface area contributed by atoms with Crippen molar-refractivity contribution in [2.75, 3.05) is 28.0 Å². The van der Waals surface area contributed by atoms with Crippen LogP contribution in [0.4, 0.5) is 17.1 Å². The molecule has 2 N–H and O–H groups in total. The van der Waals surface area contributed by atoms with Crippen LogP contribution in [-0.4, -0.2) is 50.2 Å². The molecule has 3 amide bonds. The molecule has 198 valence electrons. The number of likely N-dealkylation sites (N-methyl/N-ethyl adjacent to an activating group) is 1. The van der Waals surface area contributed by atoms with Crippen LogP contribution in [0.15, 0.2) is 77.7 Å². The van der Waals surface area contributed by atoms with E-state index in [1.54, 1.807) is 49.4 Å². The number of para-hydroxylation sites is 1. The topological polar surface area (TPSA) is 116 Å². The van der Waals surface area contributed by atoms with Crippen LogP contribution in [0.2, 0.25) is 0 Å². The fourth-order valence-corrected chi connectivity index (χ4v) is 6.27. The van der Waals surface area contributed by atoms with Crippen LogP contribution in [0.25, 0.3) is 0 Å². The highest BCUT2D eigenvalue weighted by atomic mass is 32.2. The summed E-state index contributed by atoms with van der Waals surface area (Å²) in [6.45, 7) is 5.05. The summed E-state index contributed by atoms with van der Waals surface area (Å²) in [7, 11) is -3.91. The summed E-state index contributed by atoms with van der Waals surface area (Å²) in [6, 6.07) is 19.7. The fourth-order valence-electron chi connectivity index (χ4n) is 4.53. The average molecular weight is 535 g/mol. The summed E-state index contributed by atoms with van der Waals surface area (Å²) >= 11 is 0. The van der Waals surface area contributed by atoms with Crippen molar-refractivity contribution in [3.05, 3.63) is 83.9 Å². The molecule has 0 aromatic heterocycles. The monoisotopic (exact) mass is 534 g/mol. The Morgan fingerprint density at radius 2 is 1.61 bits per heavy atom. The minimum atomic E-state index is -3.91. The van der Waals surface area contributed by atoms with Crippen LogP contribution in [0.3, 0.4) is 0 Å². The van der Waals surface area contributed by atoms with Gasteiger partial charge in [-0.1, -0.05) is 24.3 Å². The zero-order chi connectivity index (χ0) is 27.4. The maximum absolute atomic E-state index is 13.6. The van der Waals surface area contributed by atoms with Gasteiger partial charge in [-0.15, -0.1) is 0 Å². The largest absolute Gasteiger partial charge is 0.330 e. The SMILES string of the molecule is CCN(CC(=O)Nc1ccc(NC(C)=O)cc1)C(=O)c1cccc(S(=O)(=O)N2c3ccccc3C[C@@H]2C)c1. The predicted molar refractivity (Wildman–Crippen MR) is 147 cm³/mol. The van der Waals surface area contributed by atoms with E-state index < -0.39 is 21.8 Å². The zero-order valence-corrected chi connectivity index (χ0v) is 22.3. The summed E-state index contributed by atoms with van der Waals surface area (Å²) in [5.41, 5.74) is 2.90. The maximum Gasteiger partial charge on any atom is 0.264 e. The normalized spacial score (nSPS) is 14.5. The lowest BCUT2D eigenvalue weighted by atomic mass is 10.1. The van der Waals surface area contributed by atoms with Crippen LogP contribution in [-0.2, 0) is 26.0 Å². The van der Waals surface area contributed by atoms with Crippen molar-refractivity contribution >= 4 is 44.8 Å². The molecule has 0 fully saturated rings. The summed E-state index contributed by atoms with van der Waals surface area (Å²) in [5, 5.41) is 5.38. The molecule has 1 aliphatic rings. The molecule has 0 aliphatic carbocycles. The molecule has 3 aromatic rings. The third-order valence-electron chi connectivity index (χ3n) is 6.27. The molecular formula is C28H30N4O5S. The Labute approximate surface area is 222 Å². The molecule has 1 heterocycles. The number of anilines is 3. The van der Waals surface area contributed by atoms with Gasteiger partial charge in [0.25, 0.3) is 15.9 Å². The highest BCUT2D eigenvalue weighted by Gasteiger charge is 2.36. The first-order valence-corrected chi connectivity index (χ1v) is 13.7. The summed E-state index contributed by atoms with van der Waals surface area (Å²) in [4.78, 5) is 38.5. The van der Waals surface area contributed by atoms with Gasteiger partial charge in [-0.25, -0.2) is 8.42 Å². The number of rotatable bonds is 8. The molecule has 1 atom stereocenters. The maximum atomic E-state index is 13.6. The van der Waals surface area contributed by atoms with Gasteiger partial charge in [-0.2, -0.15) is 0 Å². The van der Waals surface area contributed by atoms with Gasteiger partial charge in [-0.3, -0.25) is 18.7 Å². The minimum absolute atomic E-state index is 0.0201. The lowest BCUT2D eigenvalue weighted by Gasteiger charge is -2.25. The number of sulfonamides is 1. The first kappa shape index (κ1) is 26.9. The minimum Gasteiger partial charge on any atom is -0.330 e. The van der Waals surface area contributed by atoms with Crippen molar-refractivity contribution < 1.29 is 22.8 Å². The van der Waals surface area contributed by atoms with Gasteiger partial charge in [-0.05, 0) is 74.4 Å². The molecule has 10 heteroatoms. The number of amides is 3. The first-order chi connectivity index (χ1) is 18.1. The number of carbonyl (C=O) groups is 3. The molecule has 0 bridgehead atoms. The zero-order valence-electron chi connectivity index (χ0n) is 21.5. The third-order valence-corrected chi connectivity index (χ3v) is 8.20. The van der Waals surface area contributed by atoms with Crippen molar-refractivity contribution in [2.45, 2.75) is 38.1 Å². The number of hydrogen-bond donors (Lipinski definition) is 2. The van der Waals surface area contributed by atoms with Gasteiger partial charge >= 0.3 is 0 Å². The van der Waals surface area contributed by atoms with E-state index >= 15 is 0 Å². The van der Waals surface area contributed by atoms with Gasteiger partial charge in [0.15, 0.2) is 0 Å². The van der Waals surface area contributed by atoms with E-state index in [1.807, 2.05) is 19.1 Å². The van der Waals surface area contributed by atoms with E-state index in [0.29, 0.717) is 23.5 Å². The van der Waals surface area contributed by atoms with Gasteiger partial charge in [0.1, 0.15) is 6.54 Å². The molecule has 4 rings (SSSR count). The number of nitrogens with one attached hydrogen (secondary N) is 2. The van der Waals surface area contributed by atoms with Crippen molar-refractivity contribution in [2.24, 2.45) is 0 Å². The van der Waals surface area contributed by atoms with E-state index in [1.165, 1.54) is 34.3 Å². The molecule has 0 spiro atoms. The Kier molecular flexibility index (Phi) is 7.82. The number of fused-ring (bicyclic) bond motifs is 1. The van der Waals surface area contributed by atoms with E-state index in [2.05, 4.69) is 10.6 Å². The molecule has 0 unspecified atom stereocenters. The number of benzene rings is 3. The van der Waals surface area contributed by atoms with Gasteiger partial charge < -0.3 is 15.5 Å². The first-order valence-electron chi connectivity index (χ1n) is 12.3. The van der Waals surface area contributed by atoms with Gasteiger partial charge in [0, 0.05) is 36.4 Å². The Morgan fingerprint density at radius 1 is 0.947 bits per heavy atom. The van der Waals surface area contributed by atoms with Crippen molar-refractivity contribution in [1.82, 2.24) is 4.90 Å². The van der Waals surface area contributed by atoms with Gasteiger partial charge in [0.05, 0.1) is 10.6 Å². The second-order valence-corrected chi connectivity index (χ2v) is 11.0. The molecule has 0 saturated heterocycles. The van der Waals surface area contributed by atoms with E-state index in [-0.39, 0.29) is 35.5 Å². The molecule has 0 radical (unpaired) electrons. The number of carbonyl (C=O) groups excluding carboxylic acids is 3. The lowest BCUT2D eigenvalue weighted by Crippen LogP contribution is -2.38. The summed E-state index contributed by atoms with van der Waals surface area (Å²) < 4.78 is 28.6. The highest BCUT2D eigenvalue weighted by molar-refractivity contribution is 7.92. The summed E-state index contributed by atoms with van der Waals surface area (Å²) in [5.74, 6) is -1.05. The average Bonchev–Trinajstić information content (AvgIpc) is 3.24. The fraction of sp³-hybridized carbons (Fsp3) is 0.250.